The molecule has 1 aromatic rings. The van der Waals surface area contributed by atoms with Gasteiger partial charge in [0.15, 0.2) is 0 Å². The molecule has 2 rings (SSSR count). The summed E-state index contributed by atoms with van der Waals surface area (Å²) in [6, 6.07) is 4.78. The number of aromatic hydroxyl groups is 1. The fourth-order valence-electron chi connectivity index (χ4n) is 2.19. The summed E-state index contributed by atoms with van der Waals surface area (Å²) in [6.07, 6.45) is 0.971. The Morgan fingerprint density at radius 3 is 2.74 bits per heavy atom. The summed E-state index contributed by atoms with van der Waals surface area (Å²) in [5, 5.41) is 9.37. The Labute approximate surface area is 114 Å². The smallest absolute Gasteiger partial charge is 0.145 e. The van der Waals surface area contributed by atoms with E-state index in [-0.39, 0.29) is 5.75 Å². The number of hydrogen-bond donors (Lipinski definition) is 2. The number of phenolic OH excluding ortho intramolecular Hbond substituents is 1. The highest BCUT2D eigenvalue weighted by Gasteiger charge is 2.12. The standard InChI is InChI=1S/C14H23N3O2/c1-16-6-8-17(9-7-16)5-2-10-19-14-11-12(18)3-4-13(14)15/h3-4,11,18H,2,5-10,15H2,1H3. The van der Waals surface area contributed by atoms with Crippen molar-refractivity contribution in [2.75, 3.05) is 52.1 Å². The van der Waals surface area contributed by atoms with Crippen molar-refractivity contribution in [1.82, 2.24) is 9.80 Å². The second-order valence-corrected chi connectivity index (χ2v) is 5.07. The van der Waals surface area contributed by atoms with Crippen molar-refractivity contribution in [3.63, 3.8) is 0 Å². The van der Waals surface area contributed by atoms with Crippen LogP contribution in [0.1, 0.15) is 6.42 Å². The molecule has 1 aromatic carbocycles. The van der Waals surface area contributed by atoms with Gasteiger partial charge in [-0.1, -0.05) is 0 Å². The zero-order valence-electron chi connectivity index (χ0n) is 11.5. The number of likely N-dealkylation sites (N-methyl/N-ethyl adjacent to an activating group) is 1. The van der Waals surface area contributed by atoms with Gasteiger partial charge in [-0.05, 0) is 25.6 Å². The number of rotatable bonds is 5. The highest BCUT2D eigenvalue weighted by molar-refractivity contribution is 5.55. The van der Waals surface area contributed by atoms with Gasteiger partial charge < -0.3 is 25.4 Å². The lowest BCUT2D eigenvalue weighted by atomic mass is 10.3. The zero-order valence-corrected chi connectivity index (χ0v) is 11.5. The van der Waals surface area contributed by atoms with E-state index in [0.29, 0.717) is 18.0 Å². The number of nitrogen functional groups attached to an aromatic ring is 1. The Morgan fingerprint density at radius 2 is 2.00 bits per heavy atom. The van der Waals surface area contributed by atoms with E-state index < -0.39 is 0 Å². The summed E-state index contributed by atoms with van der Waals surface area (Å²) in [5.74, 6) is 0.752. The highest BCUT2D eigenvalue weighted by atomic mass is 16.5. The summed E-state index contributed by atoms with van der Waals surface area (Å²) in [6.45, 7) is 6.21. The van der Waals surface area contributed by atoms with Crippen LogP contribution in [0.3, 0.4) is 0 Å². The fraction of sp³-hybridized carbons (Fsp3) is 0.571. The van der Waals surface area contributed by atoms with Gasteiger partial charge in [0, 0.05) is 38.8 Å². The number of hydrogen-bond acceptors (Lipinski definition) is 5. The molecule has 0 radical (unpaired) electrons. The maximum Gasteiger partial charge on any atom is 0.145 e. The molecule has 1 saturated heterocycles. The molecule has 0 saturated carbocycles. The van der Waals surface area contributed by atoms with Crippen LogP contribution in [-0.2, 0) is 0 Å². The van der Waals surface area contributed by atoms with Gasteiger partial charge in [0.05, 0.1) is 12.3 Å². The largest absolute Gasteiger partial charge is 0.508 e. The van der Waals surface area contributed by atoms with Crippen molar-refractivity contribution in [3.05, 3.63) is 18.2 Å². The van der Waals surface area contributed by atoms with E-state index >= 15 is 0 Å². The Morgan fingerprint density at radius 1 is 1.26 bits per heavy atom. The third-order valence-corrected chi connectivity index (χ3v) is 3.47. The van der Waals surface area contributed by atoms with Crippen LogP contribution in [0.25, 0.3) is 0 Å². The maximum absolute atomic E-state index is 9.37. The monoisotopic (exact) mass is 265 g/mol. The van der Waals surface area contributed by atoms with E-state index in [1.54, 1.807) is 18.2 Å². The molecule has 106 valence electrons. The predicted molar refractivity (Wildman–Crippen MR) is 76.6 cm³/mol. The average Bonchev–Trinajstić information content (AvgIpc) is 2.40. The van der Waals surface area contributed by atoms with Crippen molar-refractivity contribution in [2.24, 2.45) is 0 Å². The molecule has 19 heavy (non-hydrogen) atoms. The zero-order chi connectivity index (χ0) is 13.7. The van der Waals surface area contributed by atoms with Gasteiger partial charge in [-0.2, -0.15) is 0 Å². The van der Waals surface area contributed by atoms with Gasteiger partial charge in [-0.3, -0.25) is 0 Å². The second kappa shape index (κ2) is 6.63. The summed E-state index contributed by atoms with van der Waals surface area (Å²) in [4.78, 5) is 4.80. The van der Waals surface area contributed by atoms with Gasteiger partial charge in [0.25, 0.3) is 0 Å². The van der Waals surface area contributed by atoms with Crippen LogP contribution in [0.15, 0.2) is 18.2 Å². The number of phenols is 1. The van der Waals surface area contributed by atoms with E-state index in [2.05, 4.69) is 16.8 Å². The summed E-state index contributed by atoms with van der Waals surface area (Å²) in [7, 11) is 2.16. The van der Waals surface area contributed by atoms with E-state index in [0.717, 1.165) is 39.1 Å². The van der Waals surface area contributed by atoms with Crippen LogP contribution in [0, 0.1) is 0 Å². The topological polar surface area (TPSA) is 62.0 Å². The molecule has 1 aliphatic heterocycles. The number of piperazine rings is 1. The van der Waals surface area contributed by atoms with E-state index in [1.165, 1.54) is 0 Å². The molecule has 1 aliphatic rings. The number of benzene rings is 1. The van der Waals surface area contributed by atoms with Crippen molar-refractivity contribution < 1.29 is 9.84 Å². The third-order valence-electron chi connectivity index (χ3n) is 3.47. The number of anilines is 1. The van der Waals surface area contributed by atoms with Crippen LogP contribution in [-0.4, -0.2) is 61.3 Å². The second-order valence-electron chi connectivity index (χ2n) is 5.07. The Bertz CT molecular complexity index is 404. The van der Waals surface area contributed by atoms with Crippen LogP contribution in [0.4, 0.5) is 5.69 Å². The quantitative estimate of drug-likeness (QED) is 0.472. The third kappa shape index (κ3) is 4.29. The number of ether oxygens (including phenoxy) is 1. The van der Waals surface area contributed by atoms with E-state index in [4.69, 9.17) is 10.5 Å². The lowest BCUT2D eigenvalue weighted by molar-refractivity contribution is 0.145. The van der Waals surface area contributed by atoms with E-state index in [9.17, 15) is 5.11 Å². The highest BCUT2D eigenvalue weighted by Crippen LogP contribution is 2.25. The molecule has 0 aliphatic carbocycles. The van der Waals surface area contributed by atoms with Crippen molar-refractivity contribution in [1.29, 1.82) is 0 Å². The van der Waals surface area contributed by atoms with Gasteiger partial charge >= 0.3 is 0 Å². The molecule has 0 amide bonds. The Hall–Kier alpha value is -1.46. The lowest BCUT2D eigenvalue weighted by Crippen LogP contribution is -2.44. The predicted octanol–water partition coefficient (Wildman–Crippen LogP) is 0.991. The first kappa shape index (κ1) is 14.0. The van der Waals surface area contributed by atoms with Gasteiger partial charge in [-0.25, -0.2) is 0 Å². The number of nitrogens with two attached hydrogens (primary N) is 1. The minimum atomic E-state index is 0.184. The molecule has 1 fully saturated rings. The summed E-state index contributed by atoms with van der Waals surface area (Å²) >= 11 is 0. The average molecular weight is 265 g/mol. The molecule has 0 bridgehead atoms. The van der Waals surface area contributed by atoms with Crippen molar-refractivity contribution in [2.45, 2.75) is 6.42 Å². The summed E-state index contributed by atoms with van der Waals surface area (Å²) in [5.41, 5.74) is 6.34. The van der Waals surface area contributed by atoms with Crippen LogP contribution in [0.2, 0.25) is 0 Å². The van der Waals surface area contributed by atoms with Gasteiger partial charge in [0.2, 0.25) is 0 Å². The summed E-state index contributed by atoms with van der Waals surface area (Å²) < 4.78 is 5.61. The van der Waals surface area contributed by atoms with Crippen molar-refractivity contribution >= 4 is 5.69 Å². The van der Waals surface area contributed by atoms with Gasteiger partial charge in [0.1, 0.15) is 11.5 Å². The minimum absolute atomic E-state index is 0.184. The molecule has 0 atom stereocenters. The maximum atomic E-state index is 9.37. The molecule has 1 heterocycles. The molecular weight excluding hydrogens is 242 g/mol. The van der Waals surface area contributed by atoms with Gasteiger partial charge in [-0.15, -0.1) is 0 Å². The van der Waals surface area contributed by atoms with Crippen LogP contribution in [0.5, 0.6) is 11.5 Å². The first-order valence-corrected chi connectivity index (χ1v) is 6.77. The molecule has 0 aromatic heterocycles. The first-order valence-electron chi connectivity index (χ1n) is 6.77. The SMILES string of the molecule is CN1CCN(CCCOc2cc(O)ccc2N)CC1. The number of nitrogens with zero attached hydrogens (tertiary/aromatic N) is 2. The normalized spacial score (nSPS) is 17.5. The molecule has 0 unspecified atom stereocenters. The minimum Gasteiger partial charge on any atom is -0.508 e. The van der Waals surface area contributed by atoms with E-state index in [1.807, 2.05) is 0 Å². The van der Waals surface area contributed by atoms with Crippen LogP contribution < -0.4 is 10.5 Å². The molecule has 3 N–H and O–H groups in total. The molecular formula is C14H23N3O2. The lowest BCUT2D eigenvalue weighted by Gasteiger charge is -2.32. The Balaban J connectivity index is 1.68. The first-order chi connectivity index (χ1) is 9.15. The molecule has 5 heteroatoms. The van der Waals surface area contributed by atoms with Crippen molar-refractivity contribution in [3.8, 4) is 11.5 Å². The fourth-order valence-corrected chi connectivity index (χ4v) is 2.19. The molecule has 5 nitrogen and oxygen atoms in total. The van der Waals surface area contributed by atoms with Crippen LogP contribution >= 0.6 is 0 Å². The molecule has 0 spiro atoms. The Kier molecular flexibility index (Phi) is 4.87.